The molecule has 1 unspecified atom stereocenters. The molecule has 0 N–H and O–H groups in total. The minimum atomic E-state index is -0.584. The van der Waals surface area contributed by atoms with Crippen LogP contribution in [0.1, 0.15) is 87.0 Å². The Morgan fingerprint density at radius 2 is 1.58 bits per heavy atom. The van der Waals surface area contributed by atoms with Crippen molar-refractivity contribution in [2.24, 2.45) is 17.8 Å². The van der Waals surface area contributed by atoms with E-state index in [-0.39, 0.29) is 42.0 Å². The average Bonchev–Trinajstić information content (AvgIpc) is 2.91. The van der Waals surface area contributed by atoms with Crippen molar-refractivity contribution in [1.29, 1.82) is 0 Å². The van der Waals surface area contributed by atoms with Crippen molar-refractivity contribution in [3.63, 3.8) is 0 Å². The molecule has 10 nitrogen and oxygen atoms in total. The SMILES string of the molecule is CC(C)C[C@H]1ON(C/C=C/C2CCN(C(=O)OC(C)(C)C)CC2)C2CN(C3CCN(C)CC3)C(=O)[C@H](CC(C)C)N2C1=O. The summed E-state index contributed by atoms with van der Waals surface area (Å²) in [5, 5.41) is 1.97. The van der Waals surface area contributed by atoms with E-state index in [9.17, 15) is 14.4 Å². The lowest BCUT2D eigenvalue weighted by Gasteiger charge is -2.55. The molecule has 3 atom stereocenters. The Labute approximate surface area is 259 Å². The highest BCUT2D eigenvalue weighted by atomic mass is 16.7. The van der Waals surface area contributed by atoms with Gasteiger partial charge in [-0.05, 0) is 97.2 Å². The molecular weight excluding hydrogens is 546 g/mol. The van der Waals surface area contributed by atoms with Crippen LogP contribution in [0.15, 0.2) is 12.2 Å². The van der Waals surface area contributed by atoms with Crippen molar-refractivity contribution in [2.75, 3.05) is 46.3 Å². The highest BCUT2D eigenvalue weighted by Gasteiger charge is 2.52. The number of allylic oxidation sites excluding steroid dienone is 1. The van der Waals surface area contributed by atoms with Crippen LogP contribution >= 0.6 is 0 Å². The molecule has 0 aliphatic carbocycles. The molecule has 4 heterocycles. The van der Waals surface area contributed by atoms with Crippen LogP contribution in [-0.4, -0.2) is 119 Å². The van der Waals surface area contributed by atoms with Crippen molar-refractivity contribution >= 4 is 17.9 Å². The number of hydroxylamine groups is 2. The lowest BCUT2D eigenvalue weighted by atomic mass is 9.93. The summed E-state index contributed by atoms with van der Waals surface area (Å²) in [6, 6.07) is -0.273. The minimum absolute atomic E-state index is 0.0459. The summed E-state index contributed by atoms with van der Waals surface area (Å²) in [7, 11) is 2.13. The molecule has 0 bridgehead atoms. The fourth-order valence-corrected chi connectivity index (χ4v) is 6.84. The second-order valence-electron chi connectivity index (χ2n) is 15.0. The van der Waals surface area contributed by atoms with Crippen LogP contribution in [0.25, 0.3) is 0 Å². The van der Waals surface area contributed by atoms with Gasteiger partial charge in [0.25, 0.3) is 5.91 Å². The third-order valence-electron chi connectivity index (χ3n) is 9.10. The summed E-state index contributed by atoms with van der Waals surface area (Å²) in [6.07, 6.45) is 8.20. The molecule has 0 radical (unpaired) electrons. The Morgan fingerprint density at radius 1 is 0.953 bits per heavy atom. The van der Waals surface area contributed by atoms with E-state index in [0.717, 1.165) is 38.8 Å². The van der Waals surface area contributed by atoms with Crippen LogP contribution in [-0.2, 0) is 19.2 Å². The number of hydrogen-bond acceptors (Lipinski definition) is 7. The van der Waals surface area contributed by atoms with E-state index in [1.165, 1.54) is 0 Å². The largest absolute Gasteiger partial charge is 0.444 e. The highest BCUT2D eigenvalue weighted by Crippen LogP contribution is 2.34. The van der Waals surface area contributed by atoms with E-state index in [2.05, 4.69) is 56.7 Å². The number of piperidine rings is 2. The van der Waals surface area contributed by atoms with Crippen LogP contribution in [0, 0.1) is 17.8 Å². The van der Waals surface area contributed by atoms with Crippen molar-refractivity contribution < 1.29 is 24.0 Å². The van der Waals surface area contributed by atoms with E-state index in [0.29, 0.717) is 44.9 Å². The Hall–Kier alpha value is -2.17. The molecular formula is C33H57N5O5. The van der Waals surface area contributed by atoms with E-state index in [4.69, 9.17) is 9.57 Å². The Balaban J connectivity index is 1.49. The second-order valence-corrected chi connectivity index (χ2v) is 15.0. The molecule has 4 fully saturated rings. The molecule has 4 rings (SSSR count). The zero-order valence-electron chi connectivity index (χ0n) is 28.0. The summed E-state index contributed by atoms with van der Waals surface area (Å²) in [5.74, 6) is 0.995. The van der Waals surface area contributed by atoms with Crippen LogP contribution < -0.4 is 0 Å². The first-order chi connectivity index (χ1) is 20.2. The number of ether oxygens (including phenoxy) is 1. The third kappa shape index (κ3) is 8.72. The van der Waals surface area contributed by atoms with Crippen LogP contribution in [0.2, 0.25) is 0 Å². The number of likely N-dealkylation sites (tertiary alicyclic amines) is 2. The van der Waals surface area contributed by atoms with Crippen LogP contribution in [0.4, 0.5) is 4.79 Å². The van der Waals surface area contributed by atoms with Crippen molar-refractivity contribution in [1.82, 2.24) is 24.7 Å². The summed E-state index contributed by atoms with van der Waals surface area (Å²) in [5.41, 5.74) is -0.494. The number of carbonyl (C=O) groups excluding carboxylic acids is 3. The van der Waals surface area contributed by atoms with Gasteiger partial charge in [0.15, 0.2) is 6.10 Å². The van der Waals surface area contributed by atoms with E-state index in [1.54, 1.807) is 4.90 Å². The highest BCUT2D eigenvalue weighted by molar-refractivity contribution is 5.91. The number of fused-ring (bicyclic) bond motifs is 1. The Kier molecular flexibility index (Phi) is 11.2. The van der Waals surface area contributed by atoms with Gasteiger partial charge in [0.1, 0.15) is 17.8 Å². The maximum atomic E-state index is 14.1. The predicted octanol–water partition coefficient (Wildman–Crippen LogP) is 4.36. The maximum Gasteiger partial charge on any atom is 0.410 e. The van der Waals surface area contributed by atoms with E-state index >= 15 is 0 Å². The molecule has 0 aromatic rings. The van der Waals surface area contributed by atoms with Gasteiger partial charge in [-0.25, -0.2) is 4.79 Å². The normalized spacial score (nSPS) is 27.6. The summed E-state index contributed by atoms with van der Waals surface area (Å²) in [4.78, 5) is 55.0. The smallest absolute Gasteiger partial charge is 0.410 e. The fraction of sp³-hybridized carbons (Fsp3) is 0.848. The standard InChI is InChI=1S/C33H57N5O5/c1-23(2)20-27-30(39)36(26-13-16-34(8)17-14-26)22-29-37(43-28(21-24(3)4)31(40)38(27)29)15-9-10-25-11-18-35(19-12-25)32(41)42-33(5,6)7/h9-10,23-29H,11-22H2,1-8H3/b10-9+/t27-,28+,29?/m0/s1. The summed E-state index contributed by atoms with van der Waals surface area (Å²) < 4.78 is 5.55. The Bertz CT molecular complexity index is 994. The average molecular weight is 604 g/mol. The first kappa shape index (κ1) is 33.7. The number of nitrogens with zero attached hydrogens (tertiary/aromatic N) is 5. The van der Waals surface area contributed by atoms with Crippen LogP contribution in [0.3, 0.4) is 0 Å². The maximum absolute atomic E-state index is 14.1. The molecule has 0 saturated carbocycles. The molecule has 3 amide bonds. The second kappa shape index (κ2) is 14.3. The third-order valence-corrected chi connectivity index (χ3v) is 9.10. The summed E-state index contributed by atoms with van der Waals surface area (Å²) in [6.45, 7) is 18.5. The molecule has 0 aromatic carbocycles. The summed E-state index contributed by atoms with van der Waals surface area (Å²) >= 11 is 0. The fourth-order valence-electron chi connectivity index (χ4n) is 6.84. The zero-order valence-corrected chi connectivity index (χ0v) is 28.0. The lowest BCUT2D eigenvalue weighted by Crippen LogP contribution is -2.74. The van der Waals surface area contributed by atoms with E-state index in [1.807, 2.05) is 30.7 Å². The molecule has 4 aliphatic rings. The van der Waals surface area contributed by atoms with Gasteiger partial charge in [-0.2, -0.15) is 5.06 Å². The Morgan fingerprint density at radius 3 is 2.16 bits per heavy atom. The minimum Gasteiger partial charge on any atom is -0.444 e. The number of amides is 3. The van der Waals surface area contributed by atoms with Gasteiger partial charge in [-0.3, -0.25) is 14.4 Å². The molecule has 0 spiro atoms. The first-order valence-electron chi connectivity index (χ1n) is 16.6. The van der Waals surface area contributed by atoms with Crippen molar-refractivity contribution in [3.05, 3.63) is 12.2 Å². The quantitative estimate of drug-likeness (QED) is 0.381. The van der Waals surface area contributed by atoms with Crippen molar-refractivity contribution in [3.8, 4) is 0 Å². The van der Waals surface area contributed by atoms with Crippen LogP contribution in [0.5, 0.6) is 0 Å². The molecule has 10 heteroatoms. The van der Waals surface area contributed by atoms with Gasteiger partial charge in [-0.15, -0.1) is 0 Å². The monoisotopic (exact) mass is 603 g/mol. The van der Waals surface area contributed by atoms with Gasteiger partial charge in [0.05, 0.1) is 6.54 Å². The van der Waals surface area contributed by atoms with Gasteiger partial charge < -0.3 is 24.3 Å². The topological polar surface area (TPSA) is 85.9 Å². The van der Waals surface area contributed by atoms with Gasteiger partial charge >= 0.3 is 6.09 Å². The van der Waals surface area contributed by atoms with Gasteiger partial charge in [0.2, 0.25) is 5.91 Å². The van der Waals surface area contributed by atoms with Gasteiger partial charge in [0, 0.05) is 25.7 Å². The zero-order chi connectivity index (χ0) is 31.5. The molecule has 4 aliphatic heterocycles. The van der Waals surface area contributed by atoms with Crippen molar-refractivity contribution in [2.45, 2.75) is 117 Å². The molecule has 244 valence electrons. The van der Waals surface area contributed by atoms with E-state index < -0.39 is 17.7 Å². The molecule has 4 saturated heterocycles. The number of piperazine rings is 1. The molecule has 43 heavy (non-hydrogen) atoms. The van der Waals surface area contributed by atoms with Gasteiger partial charge in [-0.1, -0.05) is 39.8 Å². The lowest BCUT2D eigenvalue weighted by molar-refractivity contribution is -0.285. The first-order valence-corrected chi connectivity index (χ1v) is 16.6. The number of carbonyl (C=O) groups is 3. The number of rotatable bonds is 8. The predicted molar refractivity (Wildman–Crippen MR) is 167 cm³/mol. The number of hydrogen-bond donors (Lipinski definition) is 0. The molecule has 0 aromatic heterocycles.